The second kappa shape index (κ2) is 5.62. The van der Waals surface area contributed by atoms with Crippen molar-refractivity contribution in [3.8, 4) is 6.07 Å². The molecule has 108 valence electrons. The highest BCUT2D eigenvalue weighted by atomic mass is 32.1. The molecule has 0 saturated carbocycles. The summed E-state index contributed by atoms with van der Waals surface area (Å²) in [6.07, 6.45) is 0. The minimum atomic E-state index is 0.346. The summed E-state index contributed by atoms with van der Waals surface area (Å²) in [4.78, 5) is 4.58. The second-order valence-corrected chi connectivity index (χ2v) is 5.92. The minimum Gasteiger partial charge on any atom is -0.382 e. The second-order valence-electron chi connectivity index (χ2n) is 5.17. The number of hydrogen-bond acceptors (Lipinski definition) is 6. The first kappa shape index (κ1) is 13.7. The number of rotatable bonds is 2. The standard InChI is InChI=1S/C15H17N5S/c1-11-3-2-4-12(9-11)19-5-7-20(8-6-19)15-13(10-16)14(17)18-21-15/h2-4,9H,5-8H2,1H3,(H2,17,18). The zero-order chi connectivity index (χ0) is 14.8. The molecule has 1 aliphatic heterocycles. The number of nitrogen functional groups attached to an aromatic ring is 1. The third-order valence-corrected chi connectivity index (χ3v) is 4.67. The third-order valence-electron chi connectivity index (χ3n) is 3.75. The number of aromatic nitrogens is 1. The number of piperazine rings is 1. The lowest BCUT2D eigenvalue weighted by molar-refractivity contribution is 0.656. The largest absolute Gasteiger partial charge is 0.382 e. The molecule has 1 saturated heterocycles. The lowest BCUT2D eigenvalue weighted by atomic mass is 10.2. The maximum atomic E-state index is 9.18. The predicted molar refractivity (Wildman–Crippen MR) is 86.8 cm³/mol. The van der Waals surface area contributed by atoms with E-state index < -0.39 is 0 Å². The van der Waals surface area contributed by atoms with Crippen molar-refractivity contribution in [1.29, 1.82) is 5.26 Å². The van der Waals surface area contributed by atoms with Crippen molar-refractivity contribution in [3.05, 3.63) is 35.4 Å². The number of hydrogen-bond donors (Lipinski definition) is 1. The molecule has 6 heteroatoms. The molecule has 2 aromatic rings. The van der Waals surface area contributed by atoms with Gasteiger partial charge in [0, 0.05) is 31.9 Å². The fourth-order valence-electron chi connectivity index (χ4n) is 2.61. The van der Waals surface area contributed by atoms with Crippen LogP contribution in [0.2, 0.25) is 0 Å². The van der Waals surface area contributed by atoms with Crippen LogP contribution in [-0.4, -0.2) is 30.6 Å². The Morgan fingerprint density at radius 1 is 1.24 bits per heavy atom. The van der Waals surface area contributed by atoms with Gasteiger partial charge in [-0.3, -0.25) is 0 Å². The highest BCUT2D eigenvalue weighted by Gasteiger charge is 2.22. The van der Waals surface area contributed by atoms with Crippen molar-refractivity contribution in [2.45, 2.75) is 6.92 Å². The molecule has 3 rings (SSSR count). The summed E-state index contributed by atoms with van der Waals surface area (Å²) in [7, 11) is 0. The van der Waals surface area contributed by atoms with Gasteiger partial charge in [0.25, 0.3) is 0 Å². The summed E-state index contributed by atoms with van der Waals surface area (Å²) in [5.41, 5.74) is 8.79. The van der Waals surface area contributed by atoms with E-state index in [1.807, 2.05) is 0 Å². The Hall–Kier alpha value is -2.26. The predicted octanol–water partition coefficient (Wildman–Crippen LogP) is 2.23. The Kier molecular flexibility index (Phi) is 3.67. The molecule has 0 unspecified atom stereocenters. The van der Waals surface area contributed by atoms with Gasteiger partial charge < -0.3 is 15.5 Å². The molecule has 1 fully saturated rings. The number of anilines is 3. The first-order chi connectivity index (χ1) is 10.2. The van der Waals surface area contributed by atoms with Crippen LogP contribution in [-0.2, 0) is 0 Å². The number of nitrogens with zero attached hydrogens (tertiary/aromatic N) is 4. The van der Waals surface area contributed by atoms with E-state index in [-0.39, 0.29) is 0 Å². The maximum absolute atomic E-state index is 9.18. The summed E-state index contributed by atoms with van der Waals surface area (Å²) < 4.78 is 4.09. The molecule has 1 aromatic heterocycles. The van der Waals surface area contributed by atoms with E-state index >= 15 is 0 Å². The molecule has 21 heavy (non-hydrogen) atoms. The summed E-state index contributed by atoms with van der Waals surface area (Å²) in [5, 5.41) is 10.1. The Labute approximate surface area is 128 Å². The zero-order valence-electron chi connectivity index (χ0n) is 11.9. The summed E-state index contributed by atoms with van der Waals surface area (Å²) in [6, 6.07) is 10.7. The van der Waals surface area contributed by atoms with Gasteiger partial charge in [-0.1, -0.05) is 12.1 Å². The van der Waals surface area contributed by atoms with Gasteiger partial charge in [0.15, 0.2) is 5.82 Å². The van der Waals surface area contributed by atoms with Crippen LogP contribution in [0.3, 0.4) is 0 Å². The average Bonchev–Trinajstić information content (AvgIpc) is 2.88. The molecule has 0 atom stereocenters. The van der Waals surface area contributed by atoms with Crippen LogP contribution in [0.25, 0.3) is 0 Å². The van der Waals surface area contributed by atoms with Crippen molar-refractivity contribution in [1.82, 2.24) is 4.37 Å². The number of aryl methyl sites for hydroxylation is 1. The van der Waals surface area contributed by atoms with Gasteiger partial charge in [0.2, 0.25) is 0 Å². The van der Waals surface area contributed by atoms with Crippen LogP contribution in [0.5, 0.6) is 0 Å². The Morgan fingerprint density at radius 3 is 2.62 bits per heavy atom. The summed E-state index contributed by atoms with van der Waals surface area (Å²) in [6.45, 7) is 5.74. The van der Waals surface area contributed by atoms with Gasteiger partial charge in [-0.05, 0) is 36.2 Å². The SMILES string of the molecule is Cc1cccc(N2CCN(c3snc(N)c3C#N)CC2)c1. The van der Waals surface area contributed by atoms with Gasteiger partial charge in [0.1, 0.15) is 16.6 Å². The van der Waals surface area contributed by atoms with Crippen LogP contribution < -0.4 is 15.5 Å². The topological polar surface area (TPSA) is 69.2 Å². The number of nitriles is 1. The fourth-order valence-corrected chi connectivity index (χ4v) is 3.42. The van der Waals surface area contributed by atoms with Gasteiger partial charge >= 0.3 is 0 Å². The van der Waals surface area contributed by atoms with E-state index in [0.29, 0.717) is 11.4 Å². The first-order valence-electron chi connectivity index (χ1n) is 6.91. The van der Waals surface area contributed by atoms with Crippen LogP contribution in [0, 0.1) is 18.3 Å². The molecule has 2 N–H and O–H groups in total. The zero-order valence-corrected chi connectivity index (χ0v) is 12.7. The molecule has 0 aliphatic carbocycles. The number of benzene rings is 1. The van der Waals surface area contributed by atoms with Crippen molar-refractivity contribution < 1.29 is 0 Å². The first-order valence-corrected chi connectivity index (χ1v) is 7.68. The van der Waals surface area contributed by atoms with Gasteiger partial charge in [-0.2, -0.15) is 9.64 Å². The molecule has 1 aromatic carbocycles. The maximum Gasteiger partial charge on any atom is 0.157 e. The van der Waals surface area contributed by atoms with Gasteiger partial charge in [-0.15, -0.1) is 0 Å². The fraction of sp³-hybridized carbons (Fsp3) is 0.333. The van der Waals surface area contributed by atoms with Crippen LogP contribution in [0.15, 0.2) is 24.3 Å². The van der Waals surface area contributed by atoms with E-state index in [9.17, 15) is 5.26 Å². The lowest BCUT2D eigenvalue weighted by Crippen LogP contribution is -2.46. The molecule has 2 heterocycles. The van der Waals surface area contributed by atoms with Gasteiger partial charge in [0.05, 0.1) is 0 Å². The molecular weight excluding hydrogens is 282 g/mol. The van der Waals surface area contributed by atoms with Crippen molar-refractivity contribution in [3.63, 3.8) is 0 Å². The third kappa shape index (κ3) is 2.65. The summed E-state index contributed by atoms with van der Waals surface area (Å²) in [5.74, 6) is 0.346. The van der Waals surface area contributed by atoms with Crippen LogP contribution in [0.1, 0.15) is 11.1 Å². The van der Waals surface area contributed by atoms with Crippen molar-refractivity contribution in [2.24, 2.45) is 0 Å². The lowest BCUT2D eigenvalue weighted by Gasteiger charge is -2.36. The van der Waals surface area contributed by atoms with E-state index in [0.717, 1.165) is 31.2 Å². The molecule has 0 radical (unpaired) electrons. The summed E-state index contributed by atoms with van der Waals surface area (Å²) >= 11 is 1.32. The van der Waals surface area contributed by atoms with Gasteiger partial charge in [-0.25, -0.2) is 0 Å². The number of nitrogens with two attached hydrogens (primary N) is 1. The van der Waals surface area contributed by atoms with E-state index in [1.165, 1.54) is 22.8 Å². The molecule has 0 spiro atoms. The Balaban J connectivity index is 1.72. The Morgan fingerprint density at radius 2 is 1.95 bits per heavy atom. The normalized spacial score (nSPS) is 15.0. The molecular formula is C15H17N5S. The van der Waals surface area contributed by atoms with E-state index in [2.05, 4.69) is 51.4 Å². The van der Waals surface area contributed by atoms with Crippen LogP contribution in [0.4, 0.5) is 16.5 Å². The average molecular weight is 299 g/mol. The molecule has 5 nitrogen and oxygen atoms in total. The monoisotopic (exact) mass is 299 g/mol. The smallest absolute Gasteiger partial charge is 0.157 e. The Bertz CT molecular complexity index is 680. The van der Waals surface area contributed by atoms with Crippen molar-refractivity contribution >= 4 is 28.0 Å². The molecule has 0 amide bonds. The van der Waals surface area contributed by atoms with Crippen LogP contribution >= 0.6 is 11.5 Å². The molecule has 0 bridgehead atoms. The van der Waals surface area contributed by atoms with E-state index in [4.69, 9.17) is 5.73 Å². The van der Waals surface area contributed by atoms with E-state index in [1.54, 1.807) is 0 Å². The highest BCUT2D eigenvalue weighted by Crippen LogP contribution is 2.31. The highest BCUT2D eigenvalue weighted by molar-refractivity contribution is 7.10. The minimum absolute atomic E-state index is 0.346. The molecule has 1 aliphatic rings. The van der Waals surface area contributed by atoms with Crippen molar-refractivity contribution in [2.75, 3.05) is 41.7 Å². The quantitative estimate of drug-likeness (QED) is 0.921.